The zero-order valence-electron chi connectivity index (χ0n) is 21.5. The number of nitrogens with zero attached hydrogens (tertiary/aromatic N) is 5. The Morgan fingerprint density at radius 3 is 2.64 bits per heavy atom. The predicted octanol–water partition coefficient (Wildman–Crippen LogP) is 3.98. The van der Waals surface area contributed by atoms with Crippen molar-refractivity contribution in [2.24, 2.45) is 13.0 Å². The van der Waals surface area contributed by atoms with Crippen LogP contribution >= 0.6 is 0 Å². The number of anilines is 1. The van der Waals surface area contributed by atoms with Gasteiger partial charge >= 0.3 is 6.03 Å². The molecule has 2 N–H and O–H groups in total. The first-order chi connectivity index (χ1) is 17.5. The summed E-state index contributed by atoms with van der Waals surface area (Å²) in [5.41, 5.74) is 8.90. The molecule has 2 aliphatic heterocycles. The van der Waals surface area contributed by atoms with Crippen LogP contribution in [-0.4, -0.2) is 76.4 Å². The Hall–Kier alpha value is -3.07. The van der Waals surface area contributed by atoms with Gasteiger partial charge in [0.05, 0.1) is 30.9 Å². The standard InChI is InChI=1S/C27H38N6O3/c1-3-4-5-23-30-24-25(31(23)2)21-18-20(6-7-22(21)29-26(24)28)36-15-10-19-8-11-32(12-9-19)27(34)33-13-16-35-17-14-33/h6-7,18-19H,3-5,8-17H2,1-2H3,(H2,28,29). The van der Waals surface area contributed by atoms with E-state index < -0.39 is 0 Å². The molecule has 0 radical (unpaired) electrons. The molecule has 2 amide bonds. The van der Waals surface area contributed by atoms with Crippen molar-refractivity contribution in [3.05, 3.63) is 24.0 Å². The molecule has 194 valence electrons. The number of likely N-dealkylation sites (tertiary alicyclic amines) is 1. The number of ether oxygens (including phenoxy) is 2. The Morgan fingerprint density at radius 2 is 1.89 bits per heavy atom. The summed E-state index contributed by atoms with van der Waals surface area (Å²) in [6, 6.07) is 6.18. The fraction of sp³-hybridized carbons (Fsp3) is 0.593. The maximum absolute atomic E-state index is 12.7. The number of unbranched alkanes of at least 4 members (excludes halogenated alkanes) is 1. The van der Waals surface area contributed by atoms with E-state index in [0.717, 1.165) is 85.1 Å². The van der Waals surface area contributed by atoms with Crippen molar-refractivity contribution >= 4 is 33.8 Å². The Kier molecular flexibility index (Phi) is 7.46. The lowest BCUT2D eigenvalue weighted by Gasteiger charge is -2.37. The smallest absolute Gasteiger partial charge is 0.320 e. The molecule has 9 heteroatoms. The average Bonchev–Trinajstić information content (AvgIpc) is 3.25. The highest BCUT2D eigenvalue weighted by molar-refractivity contribution is 6.07. The molecular formula is C27H38N6O3. The minimum atomic E-state index is 0.165. The number of piperidine rings is 1. The second kappa shape index (κ2) is 10.9. The summed E-state index contributed by atoms with van der Waals surface area (Å²) in [4.78, 5) is 26.0. The zero-order chi connectivity index (χ0) is 25.1. The van der Waals surface area contributed by atoms with E-state index in [0.29, 0.717) is 44.6 Å². The molecule has 9 nitrogen and oxygen atoms in total. The largest absolute Gasteiger partial charge is 0.494 e. The highest BCUT2D eigenvalue weighted by atomic mass is 16.5. The Morgan fingerprint density at radius 1 is 1.14 bits per heavy atom. The van der Waals surface area contributed by atoms with Crippen LogP contribution in [0.15, 0.2) is 18.2 Å². The second-order valence-electron chi connectivity index (χ2n) is 10.0. The lowest BCUT2D eigenvalue weighted by atomic mass is 9.94. The molecule has 1 aromatic carbocycles. The number of pyridine rings is 1. The molecule has 0 saturated carbocycles. The van der Waals surface area contributed by atoms with E-state index in [1.807, 2.05) is 21.9 Å². The average molecular weight is 495 g/mol. The Balaban J connectivity index is 1.20. The summed E-state index contributed by atoms with van der Waals surface area (Å²) in [5.74, 6) is 2.93. The van der Waals surface area contributed by atoms with Crippen molar-refractivity contribution in [3.63, 3.8) is 0 Å². The molecule has 36 heavy (non-hydrogen) atoms. The van der Waals surface area contributed by atoms with Crippen LogP contribution in [0.4, 0.5) is 10.6 Å². The summed E-state index contributed by atoms with van der Waals surface area (Å²) in [7, 11) is 2.06. The van der Waals surface area contributed by atoms with Crippen molar-refractivity contribution in [1.82, 2.24) is 24.3 Å². The summed E-state index contributed by atoms with van der Waals surface area (Å²) in [6.45, 7) is 7.18. The minimum Gasteiger partial charge on any atom is -0.494 e. The molecule has 4 heterocycles. The van der Waals surface area contributed by atoms with Gasteiger partial charge in [-0.15, -0.1) is 0 Å². The van der Waals surface area contributed by atoms with Gasteiger partial charge in [-0.05, 0) is 49.8 Å². The molecule has 2 aromatic heterocycles. The predicted molar refractivity (Wildman–Crippen MR) is 141 cm³/mol. The first kappa shape index (κ1) is 24.6. The van der Waals surface area contributed by atoms with E-state index in [-0.39, 0.29) is 6.03 Å². The monoisotopic (exact) mass is 494 g/mol. The number of nitrogen functional groups attached to an aromatic ring is 1. The molecule has 0 unspecified atom stereocenters. The number of aryl methyl sites for hydroxylation is 2. The third kappa shape index (κ3) is 5.07. The molecule has 5 rings (SSSR count). The third-order valence-corrected chi connectivity index (χ3v) is 7.61. The van der Waals surface area contributed by atoms with Gasteiger partial charge < -0.3 is 29.6 Å². The van der Waals surface area contributed by atoms with Crippen LogP contribution in [0.3, 0.4) is 0 Å². The quantitative estimate of drug-likeness (QED) is 0.533. The first-order valence-electron chi connectivity index (χ1n) is 13.3. The molecule has 0 spiro atoms. The summed E-state index contributed by atoms with van der Waals surface area (Å²) in [5, 5.41) is 1.02. The number of nitrogens with two attached hydrogens (primary N) is 1. The van der Waals surface area contributed by atoms with Gasteiger partial charge in [-0.3, -0.25) is 0 Å². The Bertz CT molecular complexity index is 1210. The topological polar surface area (TPSA) is 98.7 Å². The Labute approximate surface area is 212 Å². The van der Waals surface area contributed by atoms with Gasteiger partial charge in [0.15, 0.2) is 5.82 Å². The zero-order valence-corrected chi connectivity index (χ0v) is 21.5. The number of fused-ring (bicyclic) bond motifs is 3. The first-order valence-corrected chi connectivity index (χ1v) is 13.3. The van der Waals surface area contributed by atoms with E-state index >= 15 is 0 Å². The SMILES string of the molecule is CCCCc1nc2c(N)nc3ccc(OCCC4CCN(C(=O)N5CCOCC5)CC4)cc3c2n1C. The maximum atomic E-state index is 12.7. The number of benzene rings is 1. The second-order valence-corrected chi connectivity index (χ2v) is 10.0. The van der Waals surface area contributed by atoms with Gasteiger partial charge in [0, 0.05) is 45.0 Å². The molecule has 0 bridgehead atoms. The highest BCUT2D eigenvalue weighted by Crippen LogP contribution is 2.31. The normalized spacial score (nSPS) is 17.3. The van der Waals surface area contributed by atoms with Crippen LogP contribution in [0.25, 0.3) is 21.9 Å². The highest BCUT2D eigenvalue weighted by Gasteiger charge is 2.27. The lowest BCUT2D eigenvalue weighted by Crippen LogP contribution is -2.50. The fourth-order valence-corrected chi connectivity index (χ4v) is 5.38. The number of carbonyl (C=O) groups excluding carboxylic acids is 1. The van der Waals surface area contributed by atoms with Gasteiger partial charge in [0.2, 0.25) is 0 Å². The molecule has 2 saturated heterocycles. The van der Waals surface area contributed by atoms with Crippen molar-refractivity contribution in [2.45, 2.75) is 45.4 Å². The molecule has 0 atom stereocenters. The lowest BCUT2D eigenvalue weighted by molar-refractivity contribution is 0.0396. The summed E-state index contributed by atoms with van der Waals surface area (Å²) < 4.78 is 13.7. The van der Waals surface area contributed by atoms with Crippen LogP contribution in [0.1, 0.15) is 44.9 Å². The number of carbonyl (C=O) groups is 1. The van der Waals surface area contributed by atoms with E-state index in [1.165, 1.54) is 0 Å². The number of aromatic nitrogens is 3. The molecular weight excluding hydrogens is 456 g/mol. The summed E-state index contributed by atoms with van der Waals surface area (Å²) in [6.07, 6.45) is 6.18. The number of rotatable bonds is 7. The van der Waals surface area contributed by atoms with Gasteiger partial charge in [0.1, 0.15) is 17.1 Å². The van der Waals surface area contributed by atoms with Gasteiger partial charge in [0.25, 0.3) is 0 Å². The van der Waals surface area contributed by atoms with E-state index in [9.17, 15) is 4.79 Å². The van der Waals surface area contributed by atoms with Crippen molar-refractivity contribution in [2.75, 3.05) is 51.7 Å². The van der Waals surface area contributed by atoms with E-state index in [1.54, 1.807) is 0 Å². The van der Waals surface area contributed by atoms with Crippen LogP contribution in [0.5, 0.6) is 5.75 Å². The van der Waals surface area contributed by atoms with Gasteiger partial charge in [-0.25, -0.2) is 14.8 Å². The number of imidazole rings is 1. The molecule has 0 aliphatic carbocycles. The van der Waals surface area contributed by atoms with Crippen molar-refractivity contribution in [1.29, 1.82) is 0 Å². The molecule has 2 aliphatic rings. The number of morpholine rings is 1. The maximum Gasteiger partial charge on any atom is 0.320 e. The van der Waals surface area contributed by atoms with Crippen LogP contribution in [0.2, 0.25) is 0 Å². The number of urea groups is 1. The minimum absolute atomic E-state index is 0.165. The van der Waals surface area contributed by atoms with Crippen molar-refractivity contribution < 1.29 is 14.3 Å². The van der Waals surface area contributed by atoms with Gasteiger partial charge in [-0.2, -0.15) is 0 Å². The van der Waals surface area contributed by atoms with Crippen LogP contribution < -0.4 is 10.5 Å². The number of hydrogen-bond donors (Lipinski definition) is 1. The third-order valence-electron chi connectivity index (χ3n) is 7.61. The molecule has 2 fully saturated rings. The number of hydrogen-bond acceptors (Lipinski definition) is 6. The fourth-order valence-electron chi connectivity index (χ4n) is 5.38. The van der Waals surface area contributed by atoms with Crippen LogP contribution in [0, 0.1) is 5.92 Å². The molecule has 3 aromatic rings. The van der Waals surface area contributed by atoms with Gasteiger partial charge in [-0.1, -0.05) is 13.3 Å². The summed E-state index contributed by atoms with van der Waals surface area (Å²) >= 11 is 0. The van der Waals surface area contributed by atoms with E-state index in [4.69, 9.17) is 20.2 Å². The number of amides is 2. The van der Waals surface area contributed by atoms with Crippen LogP contribution in [-0.2, 0) is 18.2 Å². The van der Waals surface area contributed by atoms with Crippen molar-refractivity contribution in [3.8, 4) is 5.75 Å². The van der Waals surface area contributed by atoms with E-state index in [2.05, 4.69) is 29.6 Å².